The van der Waals surface area contributed by atoms with Crippen LogP contribution in [0.1, 0.15) is 20.8 Å². The molecule has 1 aromatic heterocycles. The summed E-state index contributed by atoms with van der Waals surface area (Å²) in [6.07, 6.45) is 0. The molecule has 0 bridgehead atoms. The third kappa shape index (κ3) is 4.19. The second-order valence-corrected chi connectivity index (χ2v) is 8.47. The van der Waals surface area contributed by atoms with Crippen molar-refractivity contribution in [1.29, 1.82) is 0 Å². The molecule has 26 heavy (non-hydrogen) atoms. The van der Waals surface area contributed by atoms with E-state index in [1.807, 2.05) is 43.3 Å². The number of carbonyl (C=O) groups excluding carboxylic acids is 1. The van der Waals surface area contributed by atoms with Crippen LogP contribution in [-0.2, 0) is 16.6 Å². The van der Waals surface area contributed by atoms with Gasteiger partial charge >= 0.3 is 0 Å². The molecule has 5 nitrogen and oxygen atoms in total. The Balaban J connectivity index is 1.69. The van der Waals surface area contributed by atoms with Gasteiger partial charge in [0, 0.05) is 11.4 Å². The molecule has 3 rings (SSSR count). The second kappa shape index (κ2) is 7.41. The van der Waals surface area contributed by atoms with Crippen LogP contribution in [-0.4, -0.2) is 14.3 Å². The highest BCUT2D eigenvalue weighted by molar-refractivity contribution is 7.89. The minimum atomic E-state index is -3.71. The molecule has 0 atom stereocenters. The van der Waals surface area contributed by atoms with Crippen molar-refractivity contribution in [2.75, 3.05) is 0 Å². The van der Waals surface area contributed by atoms with Gasteiger partial charge < -0.3 is 5.32 Å². The predicted molar refractivity (Wildman–Crippen MR) is 103 cm³/mol. The van der Waals surface area contributed by atoms with E-state index in [2.05, 4.69) is 5.32 Å². The fourth-order valence-electron chi connectivity index (χ4n) is 2.54. The molecule has 1 heterocycles. The van der Waals surface area contributed by atoms with Crippen molar-refractivity contribution >= 4 is 27.3 Å². The highest BCUT2D eigenvalue weighted by Gasteiger charge is 2.14. The first-order chi connectivity index (χ1) is 12.3. The summed E-state index contributed by atoms with van der Waals surface area (Å²) >= 11 is 1.45. The zero-order valence-corrected chi connectivity index (χ0v) is 15.7. The van der Waals surface area contributed by atoms with Gasteiger partial charge in [0.1, 0.15) is 0 Å². The van der Waals surface area contributed by atoms with Crippen LogP contribution in [0, 0.1) is 6.92 Å². The maximum absolute atomic E-state index is 12.4. The van der Waals surface area contributed by atoms with Crippen LogP contribution < -0.4 is 10.5 Å². The first kappa shape index (κ1) is 18.3. The zero-order valence-electron chi connectivity index (χ0n) is 14.1. The average molecular weight is 386 g/mol. The molecule has 0 unspecified atom stereocenters. The van der Waals surface area contributed by atoms with Crippen LogP contribution in [0.2, 0.25) is 0 Å². The Bertz CT molecular complexity index is 1020. The number of hydrogen-bond donors (Lipinski definition) is 2. The van der Waals surface area contributed by atoms with Crippen molar-refractivity contribution in [3.63, 3.8) is 0 Å². The Labute approximate surface area is 156 Å². The maximum atomic E-state index is 12.4. The Morgan fingerprint density at radius 3 is 2.35 bits per heavy atom. The van der Waals surface area contributed by atoms with Gasteiger partial charge in [0.25, 0.3) is 5.91 Å². The molecule has 0 saturated carbocycles. The van der Waals surface area contributed by atoms with E-state index in [0.29, 0.717) is 11.4 Å². The van der Waals surface area contributed by atoms with Crippen molar-refractivity contribution < 1.29 is 13.2 Å². The van der Waals surface area contributed by atoms with Gasteiger partial charge in [0.15, 0.2) is 0 Å². The maximum Gasteiger partial charge on any atom is 0.261 e. The molecule has 0 aliphatic heterocycles. The number of aryl methyl sites for hydroxylation is 1. The first-order valence-electron chi connectivity index (χ1n) is 7.90. The number of benzene rings is 2. The summed E-state index contributed by atoms with van der Waals surface area (Å²) in [5, 5.41) is 7.93. The smallest absolute Gasteiger partial charge is 0.261 e. The Kier molecular flexibility index (Phi) is 5.22. The molecular formula is C19H18N2O3S2. The number of sulfonamides is 1. The summed E-state index contributed by atoms with van der Waals surface area (Å²) in [4.78, 5) is 14.2. The molecule has 0 saturated heterocycles. The monoisotopic (exact) mass is 386 g/mol. The van der Waals surface area contributed by atoms with Gasteiger partial charge in [0.2, 0.25) is 10.0 Å². The van der Waals surface area contributed by atoms with Crippen LogP contribution in [0.15, 0.2) is 65.6 Å². The molecule has 1 amide bonds. The molecule has 0 radical (unpaired) electrons. The molecule has 7 heteroatoms. The summed E-state index contributed by atoms with van der Waals surface area (Å²) in [5.41, 5.74) is 2.94. The summed E-state index contributed by atoms with van der Waals surface area (Å²) in [7, 11) is -3.71. The summed E-state index contributed by atoms with van der Waals surface area (Å²) in [6, 6.07) is 18.0. The molecule has 0 aliphatic rings. The summed E-state index contributed by atoms with van der Waals surface area (Å²) < 4.78 is 22.5. The Morgan fingerprint density at radius 2 is 1.73 bits per heavy atom. The van der Waals surface area contributed by atoms with E-state index in [1.165, 1.54) is 23.5 Å². The largest absolute Gasteiger partial charge is 0.347 e. The lowest BCUT2D eigenvalue weighted by Gasteiger charge is -2.05. The van der Waals surface area contributed by atoms with Crippen molar-refractivity contribution in [2.24, 2.45) is 5.14 Å². The lowest BCUT2D eigenvalue weighted by atomic mass is 10.1. The fraction of sp³-hybridized carbons (Fsp3) is 0.105. The molecule has 0 aliphatic carbocycles. The SMILES string of the molecule is Cc1cc(C(=O)NCc2ccc(S(N)(=O)=O)cc2)sc1-c1ccccc1. The third-order valence-corrected chi connectivity index (χ3v) is 6.10. The van der Waals surface area contributed by atoms with Gasteiger partial charge in [-0.15, -0.1) is 11.3 Å². The van der Waals surface area contributed by atoms with Crippen molar-refractivity contribution in [3.05, 3.63) is 76.7 Å². The minimum Gasteiger partial charge on any atom is -0.347 e. The van der Waals surface area contributed by atoms with Gasteiger partial charge in [0.05, 0.1) is 9.77 Å². The number of nitrogens with two attached hydrogens (primary N) is 1. The van der Waals surface area contributed by atoms with Crippen molar-refractivity contribution in [3.8, 4) is 10.4 Å². The van der Waals surface area contributed by atoms with E-state index in [9.17, 15) is 13.2 Å². The van der Waals surface area contributed by atoms with E-state index < -0.39 is 10.0 Å². The fourth-order valence-corrected chi connectivity index (χ4v) is 4.15. The standard InChI is InChI=1S/C19H18N2O3S2/c1-13-11-17(25-18(13)15-5-3-2-4-6-15)19(22)21-12-14-7-9-16(10-8-14)26(20,23)24/h2-11H,12H2,1H3,(H,21,22)(H2,20,23,24). The van der Waals surface area contributed by atoms with Crippen LogP contribution in [0.3, 0.4) is 0 Å². The van der Waals surface area contributed by atoms with Crippen molar-refractivity contribution in [2.45, 2.75) is 18.4 Å². The molecule has 3 aromatic rings. The van der Waals surface area contributed by atoms with E-state index >= 15 is 0 Å². The van der Waals surface area contributed by atoms with Crippen LogP contribution in [0.5, 0.6) is 0 Å². The number of carbonyl (C=O) groups is 1. The molecule has 0 spiro atoms. The number of hydrogen-bond acceptors (Lipinski definition) is 4. The van der Waals surface area contributed by atoms with E-state index in [-0.39, 0.29) is 10.8 Å². The molecule has 134 valence electrons. The van der Waals surface area contributed by atoms with Crippen LogP contribution >= 0.6 is 11.3 Å². The highest BCUT2D eigenvalue weighted by Crippen LogP contribution is 2.32. The van der Waals surface area contributed by atoms with E-state index in [4.69, 9.17) is 5.14 Å². The summed E-state index contributed by atoms with van der Waals surface area (Å²) in [6.45, 7) is 2.29. The topological polar surface area (TPSA) is 89.3 Å². The van der Waals surface area contributed by atoms with Gasteiger partial charge in [-0.25, -0.2) is 13.6 Å². The van der Waals surface area contributed by atoms with Crippen LogP contribution in [0.4, 0.5) is 0 Å². The zero-order chi connectivity index (χ0) is 18.7. The quantitative estimate of drug-likeness (QED) is 0.705. The average Bonchev–Trinajstić information content (AvgIpc) is 3.02. The number of nitrogens with one attached hydrogen (secondary N) is 1. The van der Waals surface area contributed by atoms with E-state index in [0.717, 1.165) is 21.6 Å². The number of rotatable bonds is 5. The predicted octanol–water partition coefficient (Wildman–Crippen LogP) is 3.30. The molecule has 2 aromatic carbocycles. The van der Waals surface area contributed by atoms with Gasteiger partial charge in [-0.2, -0.15) is 0 Å². The Hall–Kier alpha value is -2.48. The van der Waals surface area contributed by atoms with Crippen molar-refractivity contribution in [1.82, 2.24) is 5.32 Å². The normalized spacial score (nSPS) is 11.3. The van der Waals surface area contributed by atoms with Gasteiger partial charge in [-0.3, -0.25) is 4.79 Å². The van der Waals surface area contributed by atoms with Gasteiger partial charge in [-0.05, 0) is 41.8 Å². The Morgan fingerprint density at radius 1 is 1.08 bits per heavy atom. The number of thiophene rings is 1. The molecular weight excluding hydrogens is 368 g/mol. The molecule has 0 fully saturated rings. The minimum absolute atomic E-state index is 0.0500. The first-order valence-corrected chi connectivity index (χ1v) is 10.3. The third-order valence-electron chi connectivity index (χ3n) is 3.88. The molecule has 3 N–H and O–H groups in total. The highest BCUT2D eigenvalue weighted by atomic mass is 32.2. The number of amides is 1. The lowest BCUT2D eigenvalue weighted by Crippen LogP contribution is -2.21. The summed E-state index contributed by atoms with van der Waals surface area (Å²) in [5.74, 6) is -0.157. The number of primary sulfonamides is 1. The van der Waals surface area contributed by atoms with E-state index in [1.54, 1.807) is 12.1 Å². The lowest BCUT2D eigenvalue weighted by molar-refractivity contribution is 0.0955. The van der Waals surface area contributed by atoms with Gasteiger partial charge in [-0.1, -0.05) is 42.5 Å². The second-order valence-electron chi connectivity index (χ2n) is 5.86. The van der Waals surface area contributed by atoms with Crippen LogP contribution in [0.25, 0.3) is 10.4 Å².